The normalized spacial score (nSPS) is 11.3. The SMILES string of the molecule is C=C(/C=C(/C)C(=C)F)CC. The molecule has 0 aliphatic carbocycles. The highest BCUT2D eigenvalue weighted by molar-refractivity contribution is 5.28. The smallest absolute Gasteiger partial charge is 0.118 e. The van der Waals surface area contributed by atoms with Crippen LogP contribution in [0.4, 0.5) is 4.39 Å². The van der Waals surface area contributed by atoms with Crippen LogP contribution in [0.5, 0.6) is 0 Å². The minimum atomic E-state index is -0.380. The Labute approximate surface area is 61.8 Å². The molecule has 1 heteroatoms. The van der Waals surface area contributed by atoms with E-state index in [4.69, 9.17) is 0 Å². The maximum absolute atomic E-state index is 12.3. The lowest BCUT2D eigenvalue weighted by Crippen LogP contribution is -1.77. The molecule has 0 saturated heterocycles. The molecule has 0 aromatic carbocycles. The molecule has 0 atom stereocenters. The Morgan fingerprint density at radius 3 is 2.30 bits per heavy atom. The van der Waals surface area contributed by atoms with Crippen LogP contribution < -0.4 is 0 Å². The molecule has 10 heavy (non-hydrogen) atoms. The molecule has 0 saturated carbocycles. The Morgan fingerprint density at radius 1 is 1.50 bits per heavy atom. The van der Waals surface area contributed by atoms with Gasteiger partial charge in [-0.1, -0.05) is 31.7 Å². The van der Waals surface area contributed by atoms with Gasteiger partial charge in [-0.25, -0.2) is 4.39 Å². The fourth-order valence-electron chi connectivity index (χ4n) is 0.487. The van der Waals surface area contributed by atoms with E-state index in [1.54, 1.807) is 13.0 Å². The molecule has 0 N–H and O–H groups in total. The minimum Gasteiger partial charge on any atom is -0.207 e. The predicted octanol–water partition coefficient (Wildman–Crippen LogP) is 3.38. The van der Waals surface area contributed by atoms with Crippen molar-refractivity contribution >= 4 is 0 Å². The monoisotopic (exact) mass is 140 g/mol. The number of halogens is 1. The first-order valence-electron chi connectivity index (χ1n) is 3.28. The van der Waals surface area contributed by atoms with E-state index in [1.807, 2.05) is 6.92 Å². The average Bonchev–Trinajstić information content (AvgIpc) is 1.87. The first-order chi connectivity index (χ1) is 4.57. The lowest BCUT2D eigenvalue weighted by atomic mass is 10.1. The van der Waals surface area contributed by atoms with Crippen LogP contribution in [-0.2, 0) is 0 Å². The summed E-state index contributed by atoms with van der Waals surface area (Å²) >= 11 is 0. The lowest BCUT2D eigenvalue weighted by Gasteiger charge is -1.96. The summed E-state index contributed by atoms with van der Waals surface area (Å²) in [7, 11) is 0. The van der Waals surface area contributed by atoms with Crippen molar-refractivity contribution in [3.05, 3.63) is 36.2 Å². The zero-order chi connectivity index (χ0) is 8.15. The van der Waals surface area contributed by atoms with E-state index in [0.717, 1.165) is 12.0 Å². The average molecular weight is 140 g/mol. The summed E-state index contributed by atoms with van der Waals surface area (Å²) in [5, 5.41) is 0. The molecular formula is C9H13F. The van der Waals surface area contributed by atoms with E-state index < -0.39 is 0 Å². The third-order valence-corrected chi connectivity index (χ3v) is 1.30. The highest BCUT2D eigenvalue weighted by Gasteiger charge is 1.92. The summed E-state index contributed by atoms with van der Waals surface area (Å²) in [6.07, 6.45) is 2.56. The van der Waals surface area contributed by atoms with Crippen molar-refractivity contribution in [2.75, 3.05) is 0 Å². The molecular weight excluding hydrogens is 127 g/mol. The predicted molar refractivity (Wildman–Crippen MR) is 43.4 cm³/mol. The zero-order valence-electron chi connectivity index (χ0n) is 6.58. The molecule has 0 radical (unpaired) electrons. The van der Waals surface area contributed by atoms with E-state index >= 15 is 0 Å². The molecule has 0 bridgehead atoms. The molecule has 0 rings (SSSR count). The van der Waals surface area contributed by atoms with Crippen LogP contribution in [-0.4, -0.2) is 0 Å². The first-order valence-corrected chi connectivity index (χ1v) is 3.28. The number of hydrogen-bond acceptors (Lipinski definition) is 0. The topological polar surface area (TPSA) is 0 Å². The second-order valence-corrected chi connectivity index (χ2v) is 2.24. The second kappa shape index (κ2) is 4.04. The van der Waals surface area contributed by atoms with Crippen molar-refractivity contribution in [1.29, 1.82) is 0 Å². The van der Waals surface area contributed by atoms with Crippen LogP contribution in [0.1, 0.15) is 20.3 Å². The van der Waals surface area contributed by atoms with Gasteiger partial charge in [0, 0.05) is 0 Å². The molecule has 0 aliphatic heterocycles. The van der Waals surface area contributed by atoms with Crippen molar-refractivity contribution in [2.45, 2.75) is 20.3 Å². The molecule has 0 amide bonds. The second-order valence-electron chi connectivity index (χ2n) is 2.24. The maximum atomic E-state index is 12.3. The van der Waals surface area contributed by atoms with Gasteiger partial charge in [-0.3, -0.25) is 0 Å². The summed E-state index contributed by atoms with van der Waals surface area (Å²) in [4.78, 5) is 0. The van der Waals surface area contributed by atoms with Gasteiger partial charge < -0.3 is 0 Å². The molecule has 0 aromatic heterocycles. The van der Waals surface area contributed by atoms with Gasteiger partial charge in [-0.15, -0.1) is 0 Å². The third kappa shape index (κ3) is 3.23. The summed E-state index contributed by atoms with van der Waals surface area (Å²) in [6.45, 7) is 10.5. The van der Waals surface area contributed by atoms with E-state index in [2.05, 4.69) is 13.2 Å². The van der Waals surface area contributed by atoms with E-state index in [1.165, 1.54) is 0 Å². The molecule has 0 aliphatic rings. The lowest BCUT2D eigenvalue weighted by molar-refractivity contribution is 0.655. The molecule has 0 unspecified atom stereocenters. The van der Waals surface area contributed by atoms with Gasteiger partial charge in [0.1, 0.15) is 5.83 Å². The van der Waals surface area contributed by atoms with E-state index in [9.17, 15) is 4.39 Å². The first kappa shape index (κ1) is 9.15. The van der Waals surface area contributed by atoms with Gasteiger partial charge in [0.05, 0.1) is 0 Å². The van der Waals surface area contributed by atoms with Crippen LogP contribution in [0, 0.1) is 0 Å². The molecule has 56 valence electrons. The van der Waals surface area contributed by atoms with Gasteiger partial charge in [0.25, 0.3) is 0 Å². The van der Waals surface area contributed by atoms with Crippen LogP contribution in [0.3, 0.4) is 0 Å². The Balaban J connectivity index is 4.16. The minimum absolute atomic E-state index is 0.380. The fraction of sp³-hybridized carbons (Fsp3) is 0.333. The van der Waals surface area contributed by atoms with Crippen LogP contribution >= 0.6 is 0 Å². The Bertz CT molecular complexity index is 175. The zero-order valence-corrected chi connectivity index (χ0v) is 6.58. The van der Waals surface area contributed by atoms with E-state index in [-0.39, 0.29) is 5.83 Å². The van der Waals surface area contributed by atoms with Gasteiger partial charge in [-0.2, -0.15) is 0 Å². The van der Waals surface area contributed by atoms with Crippen molar-refractivity contribution in [2.24, 2.45) is 0 Å². The summed E-state index contributed by atoms with van der Waals surface area (Å²) in [6, 6.07) is 0. The number of rotatable bonds is 3. The van der Waals surface area contributed by atoms with Crippen molar-refractivity contribution in [3.8, 4) is 0 Å². The molecule has 0 spiro atoms. The number of hydrogen-bond donors (Lipinski definition) is 0. The van der Waals surface area contributed by atoms with Crippen LogP contribution in [0.15, 0.2) is 36.2 Å². The van der Waals surface area contributed by atoms with E-state index in [0.29, 0.717) is 5.57 Å². The van der Waals surface area contributed by atoms with Gasteiger partial charge in [0.15, 0.2) is 0 Å². The molecule has 0 aromatic rings. The molecule has 0 nitrogen and oxygen atoms in total. The van der Waals surface area contributed by atoms with Crippen molar-refractivity contribution in [1.82, 2.24) is 0 Å². The van der Waals surface area contributed by atoms with Crippen molar-refractivity contribution < 1.29 is 4.39 Å². The summed E-state index contributed by atoms with van der Waals surface area (Å²) < 4.78 is 12.3. The Hall–Kier alpha value is -0.850. The molecule has 0 fully saturated rings. The maximum Gasteiger partial charge on any atom is 0.118 e. The van der Waals surface area contributed by atoms with Crippen LogP contribution in [0.2, 0.25) is 0 Å². The quantitative estimate of drug-likeness (QED) is 0.527. The Morgan fingerprint density at radius 2 is 2.00 bits per heavy atom. The largest absolute Gasteiger partial charge is 0.207 e. The fourth-order valence-corrected chi connectivity index (χ4v) is 0.487. The summed E-state index contributed by atoms with van der Waals surface area (Å²) in [5.74, 6) is -0.380. The molecule has 0 heterocycles. The van der Waals surface area contributed by atoms with Gasteiger partial charge in [-0.05, 0) is 18.9 Å². The Kier molecular flexibility index (Phi) is 3.70. The van der Waals surface area contributed by atoms with Gasteiger partial charge in [0.2, 0.25) is 0 Å². The van der Waals surface area contributed by atoms with Gasteiger partial charge >= 0.3 is 0 Å². The standard InChI is InChI=1S/C9H13F/c1-5-7(2)6-8(3)9(4)10/h6H,2,4-5H2,1,3H3/b8-6-. The summed E-state index contributed by atoms with van der Waals surface area (Å²) in [5.41, 5.74) is 1.49. The van der Waals surface area contributed by atoms with Crippen LogP contribution in [0.25, 0.3) is 0 Å². The highest BCUT2D eigenvalue weighted by Crippen LogP contribution is 2.11. The number of allylic oxidation sites excluding steroid dienone is 4. The third-order valence-electron chi connectivity index (χ3n) is 1.30. The highest BCUT2D eigenvalue weighted by atomic mass is 19.1. The van der Waals surface area contributed by atoms with Crippen molar-refractivity contribution in [3.63, 3.8) is 0 Å².